The number of nitrogens with two attached hydrogens (primary N) is 2. The largest absolute Gasteiger partial charge is 0.483 e. The van der Waals surface area contributed by atoms with Gasteiger partial charge in [-0.3, -0.25) is 10.2 Å². The smallest absolute Gasteiger partial charge is 0.269 e. The Morgan fingerprint density at radius 1 is 1.43 bits per heavy atom. The van der Waals surface area contributed by atoms with E-state index in [9.17, 15) is 4.79 Å². The Morgan fingerprint density at radius 2 is 2.13 bits per heavy atom. The zero-order valence-electron chi connectivity index (χ0n) is 12.4. The van der Waals surface area contributed by atoms with Crippen LogP contribution < -0.4 is 21.7 Å². The summed E-state index contributed by atoms with van der Waals surface area (Å²) >= 11 is 9.28. The second-order valence-corrected chi connectivity index (χ2v) is 6.03. The molecular weight excluding hydrogens is 386 g/mol. The SMILES string of the molecule is Cc1nc(N)nc(C(C)Oc2ccc(Cl)cc2Br)c1C(=O)NN. The number of aromatic nitrogens is 2. The van der Waals surface area contributed by atoms with Gasteiger partial charge in [-0.25, -0.2) is 15.8 Å². The average Bonchev–Trinajstić information content (AvgIpc) is 2.48. The van der Waals surface area contributed by atoms with Gasteiger partial charge in [0.1, 0.15) is 11.9 Å². The molecule has 9 heteroatoms. The van der Waals surface area contributed by atoms with Crippen LogP contribution in [0, 0.1) is 6.92 Å². The molecule has 1 amide bonds. The van der Waals surface area contributed by atoms with Crippen molar-refractivity contribution >= 4 is 39.4 Å². The molecule has 0 bridgehead atoms. The molecule has 0 radical (unpaired) electrons. The van der Waals surface area contributed by atoms with Crippen LogP contribution >= 0.6 is 27.5 Å². The van der Waals surface area contributed by atoms with E-state index < -0.39 is 12.0 Å². The summed E-state index contributed by atoms with van der Waals surface area (Å²) in [5.74, 6) is 5.32. The van der Waals surface area contributed by atoms with E-state index in [0.29, 0.717) is 26.6 Å². The highest BCUT2D eigenvalue weighted by Crippen LogP contribution is 2.32. The van der Waals surface area contributed by atoms with Crippen LogP contribution in [0.5, 0.6) is 5.75 Å². The lowest BCUT2D eigenvalue weighted by atomic mass is 10.1. The number of ether oxygens (including phenoxy) is 1. The van der Waals surface area contributed by atoms with Crippen LogP contribution in [0.25, 0.3) is 0 Å². The van der Waals surface area contributed by atoms with Crippen molar-refractivity contribution < 1.29 is 9.53 Å². The fourth-order valence-corrected chi connectivity index (χ4v) is 2.86. The van der Waals surface area contributed by atoms with Crippen LogP contribution in [0.15, 0.2) is 22.7 Å². The highest BCUT2D eigenvalue weighted by atomic mass is 79.9. The molecular formula is C14H15BrClN5O2. The fourth-order valence-electron chi connectivity index (χ4n) is 2.08. The van der Waals surface area contributed by atoms with Crippen molar-refractivity contribution in [1.82, 2.24) is 15.4 Å². The number of nitrogen functional groups attached to an aromatic ring is 2. The van der Waals surface area contributed by atoms with Gasteiger partial charge in [-0.05, 0) is 48.0 Å². The molecule has 122 valence electrons. The summed E-state index contributed by atoms with van der Waals surface area (Å²) in [5, 5.41) is 0.571. The van der Waals surface area contributed by atoms with Gasteiger partial charge in [-0.15, -0.1) is 0 Å². The van der Waals surface area contributed by atoms with Gasteiger partial charge in [0.2, 0.25) is 5.95 Å². The van der Waals surface area contributed by atoms with E-state index in [1.165, 1.54) is 0 Å². The molecule has 0 spiro atoms. The number of carbonyl (C=O) groups is 1. The lowest BCUT2D eigenvalue weighted by molar-refractivity contribution is 0.0946. The number of hydrogen-bond donors (Lipinski definition) is 3. The number of halogens is 2. The van der Waals surface area contributed by atoms with Crippen LogP contribution in [0.3, 0.4) is 0 Å². The minimum Gasteiger partial charge on any atom is -0.483 e. The minimum absolute atomic E-state index is 0.0525. The van der Waals surface area contributed by atoms with E-state index in [2.05, 4.69) is 31.3 Å². The monoisotopic (exact) mass is 399 g/mol. The molecule has 2 rings (SSSR count). The predicted molar refractivity (Wildman–Crippen MR) is 91.0 cm³/mol. The van der Waals surface area contributed by atoms with Gasteiger partial charge < -0.3 is 10.5 Å². The summed E-state index contributed by atoms with van der Waals surface area (Å²) in [7, 11) is 0. The first kappa shape index (κ1) is 17.5. The molecule has 1 aromatic heterocycles. The molecule has 1 atom stereocenters. The minimum atomic E-state index is -0.566. The van der Waals surface area contributed by atoms with Gasteiger partial charge in [0.05, 0.1) is 21.4 Å². The lowest BCUT2D eigenvalue weighted by Crippen LogP contribution is -2.33. The highest BCUT2D eigenvalue weighted by Gasteiger charge is 2.23. The van der Waals surface area contributed by atoms with Crippen molar-refractivity contribution in [2.24, 2.45) is 5.84 Å². The molecule has 0 aliphatic rings. The van der Waals surface area contributed by atoms with Gasteiger partial charge in [0, 0.05) is 5.02 Å². The number of hydrazine groups is 1. The Hall–Kier alpha value is -1.90. The van der Waals surface area contributed by atoms with Gasteiger partial charge in [0.15, 0.2) is 0 Å². The lowest BCUT2D eigenvalue weighted by Gasteiger charge is -2.19. The summed E-state index contributed by atoms with van der Waals surface area (Å²) < 4.78 is 6.54. The number of anilines is 1. The van der Waals surface area contributed by atoms with Gasteiger partial charge >= 0.3 is 0 Å². The zero-order chi connectivity index (χ0) is 17.1. The fraction of sp³-hybridized carbons (Fsp3) is 0.214. The number of hydrogen-bond acceptors (Lipinski definition) is 6. The maximum atomic E-state index is 12.0. The average molecular weight is 401 g/mol. The van der Waals surface area contributed by atoms with Gasteiger partial charge in [0.25, 0.3) is 5.91 Å². The molecule has 1 heterocycles. The second kappa shape index (κ2) is 7.12. The van der Waals surface area contributed by atoms with Crippen LogP contribution in [0.4, 0.5) is 5.95 Å². The number of aryl methyl sites for hydroxylation is 1. The van der Waals surface area contributed by atoms with Crippen LogP contribution in [-0.2, 0) is 0 Å². The Labute approximate surface area is 146 Å². The maximum Gasteiger partial charge on any atom is 0.269 e. The second-order valence-electron chi connectivity index (χ2n) is 4.74. The van der Waals surface area contributed by atoms with E-state index in [1.807, 2.05) is 0 Å². The molecule has 5 N–H and O–H groups in total. The third-order valence-corrected chi connectivity index (χ3v) is 3.93. The van der Waals surface area contributed by atoms with Crippen molar-refractivity contribution in [3.8, 4) is 5.75 Å². The topological polar surface area (TPSA) is 116 Å². The third kappa shape index (κ3) is 3.90. The molecule has 0 saturated heterocycles. The quantitative estimate of drug-likeness (QED) is 0.412. The van der Waals surface area contributed by atoms with Crippen molar-refractivity contribution in [3.63, 3.8) is 0 Å². The van der Waals surface area contributed by atoms with Crippen molar-refractivity contribution in [2.75, 3.05) is 5.73 Å². The van der Waals surface area contributed by atoms with E-state index >= 15 is 0 Å². The molecule has 0 aliphatic carbocycles. The molecule has 1 aromatic carbocycles. The van der Waals surface area contributed by atoms with E-state index in [0.717, 1.165) is 0 Å². The molecule has 23 heavy (non-hydrogen) atoms. The Bertz CT molecular complexity index is 756. The molecule has 2 aromatic rings. The van der Waals surface area contributed by atoms with E-state index in [4.69, 9.17) is 27.9 Å². The molecule has 1 unspecified atom stereocenters. The molecule has 0 aliphatic heterocycles. The van der Waals surface area contributed by atoms with Gasteiger partial charge in [-0.1, -0.05) is 11.6 Å². The summed E-state index contributed by atoms with van der Waals surface area (Å²) in [6.45, 7) is 3.40. The summed E-state index contributed by atoms with van der Waals surface area (Å²) in [5.41, 5.74) is 8.76. The number of rotatable bonds is 4. The van der Waals surface area contributed by atoms with Crippen LogP contribution in [-0.4, -0.2) is 15.9 Å². The Balaban J connectivity index is 2.42. The first-order chi connectivity index (χ1) is 10.8. The highest BCUT2D eigenvalue weighted by molar-refractivity contribution is 9.10. The Kier molecular flexibility index (Phi) is 5.40. The summed E-state index contributed by atoms with van der Waals surface area (Å²) in [6, 6.07) is 5.11. The number of nitrogens with zero attached hydrogens (tertiary/aromatic N) is 2. The first-order valence-corrected chi connectivity index (χ1v) is 7.77. The summed E-state index contributed by atoms with van der Waals surface area (Å²) in [6.07, 6.45) is -0.566. The zero-order valence-corrected chi connectivity index (χ0v) is 14.8. The summed E-state index contributed by atoms with van der Waals surface area (Å²) in [4.78, 5) is 20.1. The first-order valence-electron chi connectivity index (χ1n) is 6.60. The van der Waals surface area contributed by atoms with Crippen molar-refractivity contribution in [1.29, 1.82) is 0 Å². The normalized spacial score (nSPS) is 11.9. The van der Waals surface area contributed by atoms with Crippen LogP contribution in [0.2, 0.25) is 5.02 Å². The number of benzene rings is 1. The van der Waals surface area contributed by atoms with E-state index in [1.54, 1.807) is 32.0 Å². The van der Waals surface area contributed by atoms with Crippen LogP contribution in [0.1, 0.15) is 34.8 Å². The molecule has 0 saturated carbocycles. The number of nitrogens with one attached hydrogen (secondary N) is 1. The van der Waals surface area contributed by atoms with Crippen molar-refractivity contribution in [3.05, 3.63) is 44.6 Å². The molecule has 0 fully saturated rings. The third-order valence-electron chi connectivity index (χ3n) is 3.08. The number of carbonyl (C=O) groups excluding carboxylic acids is 1. The number of amides is 1. The standard InChI is InChI=1S/C14H15BrClN5O2/c1-6-11(13(22)21-18)12(20-14(17)19-6)7(2)23-10-4-3-8(16)5-9(10)15/h3-5,7H,18H2,1-2H3,(H,21,22)(H2,17,19,20). The van der Waals surface area contributed by atoms with Gasteiger partial charge in [-0.2, -0.15) is 0 Å². The molecule has 7 nitrogen and oxygen atoms in total. The van der Waals surface area contributed by atoms with E-state index in [-0.39, 0.29) is 11.5 Å². The predicted octanol–water partition coefficient (Wildman–Crippen LogP) is 2.53. The van der Waals surface area contributed by atoms with Crippen molar-refractivity contribution in [2.45, 2.75) is 20.0 Å². The maximum absolute atomic E-state index is 12.0. The Morgan fingerprint density at radius 3 is 2.74 bits per heavy atom.